The number of hydrogen-bond donors (Lipinski definition) is 0. The molecule has 1 unspecified atom stereocenters. The third-order valence-corrected chi connectivity index (χ3v) is 7.15. The number of para-hydroxylation sites is 1. The summed E-state index contributed by atoms with van der Waals surface area (Å²) in [4.78, 5) is 31.6. The van der Waals surface area contributed by atoms with Crippen molar-refractivity contribution >= 4 is 23.4 Å². The summed E-state index contributed by atoms with van der Waals surface area (Å²) in [6.45, 7) is 5.70. The molecular formula is C27H24N4O3S. The van der Waals surface area contributed by atoms with Crippen molar-refractivity contribution < 1.29 is 9.53 Å². The second kappa shape index (κ2) is 8.96. The Morgan fingerprint density at radius 1 is 1.03 bits per heavy atom. The molecule has 1 aliphatic heterocycles. The number of hydrogen-bond acceptors (Lipinski definition) is 6. The molecule has 0 amide bonds. The molecule has 4 aromatic rings. The van der Waals surface area contributed by atoms with Crippen LogP contribution in [0.5, 0.6) is 0 Å². The summed E-state index contributed by atoms with van der Waals surface area (Å²) < 4.78 is 9.06. The maximum Gasteiger partial charge on any atom is 0.338 e. The van der Waals surface area contributed by atoms with Gasteiger partial charge in [-0.05, 0) is 44.5 Å². The highest BCUT2D eigenvalue weighted by atomic mass is 32.1. The van der Waals surface area contributed by atoms with Gasteiger partial charge < -0.3 is 4.74 Å². The second-order valence-electron chi connectivity index (χ2n) is 8.32. The Morgan fingerprint density at radius 3 is 2.34 bits per heavy atom. The van der Waals surface area contributed by atoms with Crippen LogP contribution in [0.3, 0.4) is 0 Å². The molecule has 0 radical (unpaired) electrons. The molecule has 7 nitrogen and oxygen atoms in total. The van der Waals surface area contributed by atoms with Gasteiger partial charge in [0.1, 0.15) is 0 Å². The van der Waals surface area contributed by atoms with Crippen LogP contribution in [0.25, 0.3) is 11.8 Å². The molecule has 0 aliphatic carbocycles. The standard InChI is InChI=1S/C27H24N4O3S/c1-16-21(18(3)31(29-16)20-13-9-6-10-14-20)15-22-25(32)30-24(19-11-7-5-8-12-19)23(26(33)34-4)17(2)28-27(30)35-22/h5-15,24H,1-4H3. The predicted molar refractivity (Wildman–Crippen MR) is 135 cm³/mol. The number of aromatic nitrogens is 3. The first kappa shape index (κ1) is 22.7. The zero-order chi connectivity index (χ0) is 24.7. The fourth-order valence-corrected chi connectivity index (χ4v) is 5.49. The number of rotatable bonds is 4. The monoisotopic (exact) mass is 484 g/mol. The van der Waals surface area contributed by atoms with Gasteiger partial charge >= 0.3 is 5.97 Å². The maximum absolute atomic E-state index is 13.7. The first-order valence-electron chi connectivity index (χ1n) is 11.2. The molecule has 8 heteroatoms. The summed E-state index contributed by atoms with van der Waals surface area (Å²) in [5, 5.41) is 4.70. The molecule has 1 atom stereocenters. The summed E-state index contributed by atoms with van der Waals surface area (Å²) in [7, 11) is 1.34. The zero-order valence-corrected chi connectivity index (χ0v) is 20.7. The first-order valence-corrected chi connectivity index (χ1v) is 12.0. The molecule has 0 saturated carbocycles. The molecule has 176 valence electrons. The van der Waals surface area contributed by atoms with Crippen molar-refractivity contribution in [3.8, 4) is 5.69 Å². The second-order valence-corrected chi connectivity index (χ2v) is 9.33. The van der Waals surface area contributed by atoms with Gasteiger partial charge in [0.25, 0.3) is 5.56 Å². The number of benzene rings is 2. The number of allylic oxidation sites excluding steroid dienone is 1. The van der Waals surface area contributed by atoms with Crippen molar-refractivity contribution in [1.29, 1.82) is 0 Å². The van der Waals surface area contributed by atoms with E-state index in [2.05, 4.69) is 4.99 Å². The molecule has 5 rings (SSSR count). The predicted octanol–water partition coefficient (Wildman–Crippen LogP) is 3.21. The smallest absolute Gasteiger partial charge is 0.338 e. The molecule has 35 heavy (non-hydrogen) atoms. The van der Waals surface area contributed by atoms with E-state index in [0.717, 1.165) is 28.2 Å². The summed E-state index contributed by atoms with van der Waals surface area (Å²) in [5.74, 6) is -0.495. The van der Waals surface area contributed by atoms with Gasteiger partial charge in [-0.3, -0.25) is 9.36 Å². The van der Waals surface area contributed by atoms with Crippen molar-refractivity contribution in [2.24, 2.45) is 4.99 Å². The average molecular weight is 485 g/mol. The van der Waals surface area contributed by atoms with Crippen LogP contribution < -0.4 is 14.9 Å². The van der Waals surface area contributed by atoms with Crippen molar-refractivity contribution in [1.82, 2.24) is 14.3 Å². The molecule has 3 heterocycles. The number of carbonyl (C=O) groups excluding carboxylic acids is 1. The third kappa shape index (κ3) is 3.85. The van der Waals surface area contributed by atoms with Crippen LogP contribution in [-0.4, -0.2) is 27.4 Å². The Kier molecular flexibility index (Phi) is 5.82. The van der Waals surface area contributed by atoms with Gasteiger partial charge in [-0.2, -0.15) is 5.10 Å². The highest BCUT2D eigenvalue weighted by molar-refractivity contribution is 7.07. The molecule has 0 bridgehead atoms. The van der Waals surface area contributed by atoms with E-state index >= 15 is 0 Å². The van der Waals surface area contributed by atoms with Gasteiger partial charge in [0.05, 0.1) is 40.3 Å². The number of nitrogens with zero attached hydrogens (tertiary/aromatic N) is 4. The molecule has 2 aromatic heterocycles. The lowest BCUT2D eigenvalue weighted by atomic mass is 9.96. The number of esters is 1. The van der Waals surface area contributed by atoms with Crippen molar-refractivity contribution in [3.63, 3.8) is 0 Å². The molecule has 2 aromatic carbocycles. The van der Waals surface area contributed by atoms with Gasteiger partial charge in [0, 0.05) is 11.3 Å². The lowest BCUT2D eigenvalue weighted by Crippen LogP contribution is -2.39. The number of fused-ring (bicyclic) bond motifs is 1. The minimum atomic E-state index is -0.615. The fraction of sp³-hybridized carbons (Fsp3) is 0.185. The van der Waals surface area contributed by atoms with Crippen LogP contribution in [0, 0.1) is 13.8 Å². The van der Waals surface area contributed by atoms with Crippen LogP contribution in [0.2, 0.25) is 0 Å². The molecule has 0 spiro atoms. The molecule has 1 aliphatic rings. The zero-order valence-electron chi connectivity index (χ0n) is 19.9. The normalized spacial score (nSPS) is 15.7. The summed E-state index contributed by atoms with van der Waals surface area (Å²) in [6, 6.07) is 18.8. The Bertz CT molecular complexity index is 1640. The van der Waals surface area contributed by atoms with E-state index in [1.165, 1.54) is 18.4 Å². The number of aryl methyl sites for hydroxylation is 1. The first-order chi connectivity index (χ1) is 16.9. The van der Waals surface area contributed by atoms with Crippen LogP contribution in [-0.2, 0) is 9.53 Å². The van der Waals surface area contributed by atoms with E-state index in [4.69, 9.17) is 9.84 Å². The van der Waals surface area contributed by atoms with E-state index in [1.807, 2.05) is 85.3 Å². The molecule has 0 fully saturated rings. The van der Waals surface area contributed by atoms with Crippen molar-refractivity contribution in [3.05, 3.63) is 114 Å². The quantitative estimate of drug-likeness (QED) is 0.417. The highest BCUT2D eigenvalue weighted by Crippen LogP contribution is 2.30. The third-order valence-electron chi connectivity index (χ3n) is 6.17. The number of thiazole rings is 1. The van der Waals surface area contributed by atoms with Gasteiger partial charge in [0.2, 0.25) is 0 Å². The topological polar surface area (TPSA) is 78.5 Å². The summed E-state index contributed by atoms with van der Waals surface area (Å²) in [5.41, 5.74) is 5.12. The van der Waals surface area contributed by atoms with E-state index in [9.17, 15) is 9.59 Å². The average Bonchev–Trinajstić information content (AvgIpc) is 3.34. The minimum absolute atomic E-state index is 0.206. The minimum Gasteiger partial charge on any atom is -0.466 e. The van der Waals surface area contributed by atoms with E-state index < -0.39 is 12.0 Å². The lowest BCUT2D eigenvalue weighted by molar-refractivity contribution is -0.136. The van der Waals surface area contributed by atoms with E-state index in [0.29, 0.717) is 20.6 Å². The highest BCUT2D eigenvalue weighted by Gasteiger charge is 2.33. The van der Waals surface area contributed by atoms with Crippen LogP contribution >= 0.6 is 11.3 Å². The molecule has 0 saturated heterocycles. The van der Waals surface area contributed by atoms with Crippen LogP contribution in [0.1, 0.15) is 35.5 Å². The van der Waals surface area contributed by atoms with E-state index in [-0.39, 0.29) is 5.56 Å². The Hall–Kier alpha value is -4.04. The SMILES string of the molecule is COC(=O)C1=C(C)N=c2sc(=Cc3c(C)nn(-c4ccccc4)c3C)c(=O)n2C1c1ccccc1. The Balaban J connectivity index is 1.72. The van der Waals surface area contributed by atoms with Gasteiger partial charge in [-0.25, -0.2) is 14.5 Å². The van der Waals surface area contributed by atoms with E-state index in [1.54, 1.807) is 11.5 Å². The van der Waals surface area contributed by atoms with Crippen LogP contribution in [0.15, 0.2) is 81.7 Å². The van der Waals surface area contributed by atoms with Crippen LogP contribution in [0.4, 0.5) is 0 Å². The summed E-state index contributed by atoms with van der Waals surface area (Å²) in [6.07, 6.45) is 1.88. The van der Waals surface area contributed by atoms with Crippen molar-refractivity contribution in [2.45, 2.75) is 26.8 Å². The molecular weight excluding hydrogens is 460 g/mol. The Labute approximate surface area is 206 Å². The maximum atomic E-state index is 13.7. The fourth-order valence-electron chi connectivity index (χ4n) is 4.46. The van der Waals surface area contributed by atoms with Gasteiger partial charge in [-0.1, -0.05) is 59.9 Å². The van der Waals surface area contributed by atoms with Crippen molar-refractivity contribution in [2.75, 3.05) is 7.11 Å². The number of ether oxygens (including phenoxy) is 1. The number of methoxy groups -OCH3 is 1. The summed E-state index contributed by atoms with van der Waals surface area (Å²) >= 11 is 1.31. The number of carbonyl (C=O) groups is 1. The van der Waals surface area contributed by atoms with Gasteiger partial charge in [-0.15, -0.1) is 0 Å². The van der Waals surface area contributed by atoms with Gasteiger partial charge in [0.15, 0.2) is 4.80 Å². The Morgan fingerprint density at radius 2 is 1.69 bits per heavy atom. The molecule has 0 N–H and O–H groups in total. The lowest BCUT2D eigenvalue weighted by Gasteiger charge is -2.24. The largest absolute Gasteiger partial charge is 0.466 e.